The first-order chi connectivity index (χ1) is 45.1. The topological polar surface area (TPSA) is 316 Å². The average molecular weight is 1340 g/mol. The molecule has 24 nitrogen and oxygen atoms in total. The van der Waals surface area contributed by atoms with Gasteiger partial charge in [-0.15, -0.1) is 0 Å². The van der Waals surface area contributed by atoms with Crippen LogP contribution in [-0.4, -0.2) is 143 Å². The van der Waals surface area contributed by atoms with Gasteiger partial charge in [-0.1, -0.05) is 46.4 Å². The molecule has 0 N–H and O–H groups in total. The SMILES string of the molecule is C=C(C)C(=O)OC1(C)CCC2CC1OC2=O.C=C(C)C(=O)OC1C2CC3C(=O)OC1(C)C3C2.C=C(C)C(=O)OC1C2OC(=O)C3CC1(C)CC32.C=C(C)C(=O)OC1CCC2CC1OC2=O.C=CC(=O)OC1(C)C2CC3C(=O)OC1C3C2.C=CC(=O)OC1C2CC3C(=O)OC1C3C2. The predicted octanol–water partition coefficient (Wildman–Crippen LogP) is 7.40. The Kier molecular flexibility index (Phi) is 18.7. The normalized spacial score (nSPS) is 42.7. The first kappa shape index (κ1) is 69.4. The molecule has 26 atom stereocenters. The molecule has 6 heterocycles. The molecule has 0 spiro atoms. The fourth-order valence-corrected chi connectivity index (χ4v) is 18.6. The van der Waals surface area contributed by atoms with Crippen LogP contribution in [0.1, 0.15) is 145 Å². The number of carbonyl (C=O) groups is 12. The van der Waals surface area contributed by atoms with E-state index in [0.717, 1.165) is 76.4 Å². The Bertz CT molecular complexity index is 3370. The van der Waals surface area contributed by atoms with Gasteiger partial charge < -0.3 is 56.8 Å². The fraction of sp³-hybridized carbons (Fsp3) is 0.667. The van der Waals surface area contributed by atoms with Gasteiger partial charge >= 0.3 is 71.6 Å². The van der Waals surface area contributed by atoms with E-state index in [0.29, 0.717) is 53.9 Å². The standard InChI is InChI=1S/2C13H16O4.C12H14O4.C12H16O4.C11H12O4.C11H14O4/c1-6(2)11(14)17-10-9-7-4-13(10,3)5-8(7)12(15)16-9;1-6(2)11(14)16-10-7-4-8-9(5-7)13(10,3)17-12(8)15;1-3-9(13)16-12(2)6-4-7-8(5-6)11(14)15-10(7)12;1-7(2)10(13)16-12(3)5-4-8-6-9(12)15-11(8)14;1-2-8(12)14-9-5-3-6-7(4-5)11(13)15-10(6)9;1-6(2)10(12)14-8-4-3-7-5-9(8)15-11(7)13/h2*7-10H,1,4-5H2,2-3H3;3,6-8,10H,1,4-5H2,2H3;8-9H,1,4-6H2,2-3H3;2,5-7,9-10H,1,3-4H2;7-9H,1,3-5H2,2H3. The molecule has 10 saturated carbocycles. The molecule has 6 saturated heterocycles. The third-order valence-corrected chi connectivity index (χ3v) is 23.6. The fourth-order valence-electron chi connectivity index (χ4n) is 18.6. The van der Waals surface area contributed by atoms with Crippen molar-refractivity contribution in [3.8, 4) is 0 Å². The number of hydrogen-bond acceptors (Lipinski definition) is 24. The molecule has 10 aliphatic carbocycles. The summed E-state index contributed by atoms with van der Waals surface area (Å²) in [4.78, 5) is 137. The Balaban J connectivity index is 0.000000117. The minimum absolute atomic E-state index is 0.00149. The molecule has 16 fully saturated rings. The number of hydrogen-bond donors (Lipinski definition) is 0. The molecule has 16 rings (SSSR count). The summed E-state index contributed by atoms with van der Waals surface area (Å²) in [6.07, 6.45) is 11.2. The molecule has 0 aromatic rings. The van der Waals surface area contributed by atoms with E-state index >= 15 is 0 Å². The van der Waals surface area contributed by atoms with Gasteiger partial charge in [0.1, 0.15) is 71.7 Å². The van der Waals surface area contributed by atoms with Crippen molar-refractivity contribution in [2.24, 2.45) is 82.3 Å². The van der Waals surface area contributed by atoms with Gasteiger partial charge in [-0.3, -0.25) is 28.8 Å². The maximum absolute atomic E-state index is 11.7. The van der Waals surface area contributed by atoms with Crippen molar-refractivity contribution >= 4 is 71.6 Å². The maximum atomic E-state index is 11.7. The number of rotatable bonds is 12. The van der Waals surface area contributed by atoms with Crippen LogP contribution < -0.4 is 0 Å². The molecular weight excluding hydrogens is 1250 g/mol. The maximum Gasteiger partial charge on any atom is 0.333 e. The van der Waals surface area contributed by atoms with E-state index in [2.05, 4.69) is 46.4 Å². The first-order valence-electron chi connectivity index (χ1n) is 33.5. The Morgan fingerprint density at radius 3 is 1.73 bits per heavy atom. The van der Waals surface area contributed by atoms with Crippen LogP contribution in [0.5, 0.6) is 0 Å². The van der Waals surface area contributed by atoms with Gasteiger partial charge in [-0.2, -0.15) is 0 Å². The van der Waals surface area contributed by atoms with Crippen LogP contribution in [0.2, 0.25) is 0 Å². The summed E-state index contributed by atoms with van der Waals surface area (Å²) >= 11 is 0. The second kappa shape index (κ2) is 25.8. The summed E-state index contributed by atoms with van der Waals surface area (Å²) < 4.78 is 64.0. The minimum Gasteiger partial charge on any atom is -0.458 e. The van der Waals surface area contributed by atoms with Crippen LogP contribution in [0.3, 0.4) is 0 Å². The molecule has 0 aromatic carbocycles. The minimum atomic E-state index is -0.682. The summed E-state index contributed by atoms with van der Waals surface area (Å²) in [6, 6.07) is 0. The van der Waals surface area contributed by atoms with Gasteiger partial charge in [0.15, 0.2) is 0 Å². The van der Waals surface area contributed by atoms with Gasteiger partial charge in [-0.05, 0) is 126 Å². The van der Waals surface area contributed by atoms with E-state index in [1.807, 2.05) is 20.8 Å². The lowest BCUT2D eigenvalue weighted by Crippen LogP contribution is -2.47. The van der Waals surface area contributed by atoms with E-state index in [-0.39, 0.29) is 179 Å². The molecule has 520 valence electrons. The molecule has 26 unspecified atom stereocenters. The van der Waals surface area contributed by atoms with E-state index in [4.69, 9.17) is 56.8 Å². The lowest BCUT2D eigenvalue weighted by molar-refractivity contribution is -0.174. The van der Waals surface area contributed by atoms with Crippen LogP contribution in [0.4, 0.5) is 0 Å². The predicted molar refractivity (Wildman–Crippen MR) is 330 cm³/mol. The lowest BCUT2D eigenvalue weighted by Gasteiger charge is -2.36. The van der Waals surface area contributed by atoms with E-state index in [9.17, 15) is 57.5 Å². The van der Waals surface area contributed by atoms with Gasteiger partial charge in [0.05, 0.1) is 35.5 Å². The Morgan fingerprint density at radius 1 is 0.490 bits per heavy atom. The molecule has 96 heavy (non-hydrogen) atoms. The zero-order valence-corrected chi connectivity index (χ0v) is 55.8. The first-order valence-corrected chi connectivity index (χ1v) is 33.5. The zero-order chi connectivity index (χ0) is 69.7. The second-order valence-corrected chi connectivity index (χ2v) is 30.2. The number of carbonyl (C=O) groups excluding carboxylic acids is 12. The Labute approximate surface area is 557 Å². The van der Waals surface area contributed by atoms with Crippen molar-refractivity contribution < 1.29 is 114 Å². The molecular formula is C72H88O24. The molecule has 24 heteroatoms. The van der Waals surface area contributed by atoms with Crippen molar-refractivity contribution in [2.75, 3.05) is 0 Å². The van der Waals surface area contributed by atoms with Crippen molar-refractivity contribution in [1.29, 1.82) is 0 Å². The van der Waals surface area contributed by atoms with Crippen LogP contribution in [0.15, 0.2) is 73.9 Å². The highest BCUT2D eigenvalue weighted by Gasteiger charge is 2.72. The Morgan fingerprint density at radius 2 is 1.07 bits per heavy atom. The quantitative estimate of drug-likeness (QED) is 0.104. The van der Waals surface area contributed by atoms with E-state index in [1.54, 1.807) is 27.7 Å². The van der Waals surface area contributed by atoms with Crippen LogP contribution >= 0.6 is 0 Å². The number of fused-ring (bicyclic) bond motifs is 8. The summed E-state index contributed by atoms with van der Waals surface area (Å²) in [5, 5.41) is 0. The largest absolute Gasteiger partial charge is 0.458 e. The highest BCUT2D eigenvalue weighted by atomic mass is 16.6. The molecule has 0 aromatic heterocycles. The Hall–Kier alpha value is -7.92. The van der Waals surface area contributed by atoms with Crippen LogP contribution in [-0.2, 0) is 114 Å². The van der Waals surface area contributed by atoms with Gasteiger partial charge in [-0.25, -0.2) is 28.8 Å². The number of esters is 12. The van der Waals surface area contributed by atoms with Crippen molar-refractivity contribution in [3.63, 3.8) is 0 Å². The third-order valence-electron chi connectivity index (χ3n) is 23.6. The van der Waals surface area contributed by atoms with Crippen molar-refractivity contribution in [3.05, 3.63) is 73.9 Å². The molecule has 16 aliphatic rings. The second-order valence-electron chi connectivity index (χ2n) is 30.2. The molecule has 0 amide bonds. The average Bonchev–Trinajstić information content (AvgIpc) is 1.56. The lowest BCUT2D eigenvalue weighted by atomic mass is 9.79. The van der Waals surface area contributed by atoms with E-state index in [1.165, 1.54) is 0 Å². The zero-order valence-electron chi connectivity index (χ0n) is 55.8. The summed E-state index contributed by atoms with van der Waals surface area (Å²) in [7, 11) is 0. The smallest absolute Gasteiger partial charge is 0.333 e. The van der Waals surface area contributed by atoms with E-state index < -0.39 is 40.7 Å². The van der Waals surface area contributed by atoms with Crippen LogP contribution in [0, 0.1) is 82.3 Å². The third kappa shape index (κ3) is 12.4. The molecule has 6 aliphatic heterocycles. The number of ether oxygens (including phenoxy) is 12. The summed E-state index contributed by atoms with van der Waals surface area (Å²) in [5.41, 5.74) is -0.506. The molecule has 0 radical (unpaired) electrons. The van der Waals surface area contributed by atoms with Gasteiger partial charge in [0.25, 0.3) is 0 Å². The van der Waals surface area contributed by atoms with Gasteiger partial charge in [0, 0.05) is 94.1 Å². The summed E-state index contributed by atoms with van der Waals surface area (Å²) in [5.74, 6) is -1.16. The highest BCUT2D eigenvalue weighted by molar-refractivity contribution is 5.90. The molecule has 12 bridgehead atoms. The monoisotopic (exact) mass is 1340 g/mol. The van der Waals surface area contributed by atoms with Crippen molar-refractivity contribution in [1.82, 2.24) is 0 Å². The van der Waals surface area contributed by atoms with Crippen molar-refractivity contribution in [2.45, 2.75) is 217 Å². The van der Waals surface area contributed by atoms with Crippen LogP contribution in [0.25, 0.3) is 0 Å². The van der Waals surface area contributed by atoms with Gasteiger partial charge in [0.2, 0.25) is 0 Å². The highest BCUT2D eigenvalue weighted by Crippen LogP contribution is 2.64. The summed E-state index contributed by atoms with van der Waals surface area (Å²) in [6.45, 7) is 35.1.